The summed E-state index contributed by atoms with van der Waals surface area (Å²) < 4.78 is 13.1. The third-order valence-corrected chi connectivity index (χ3v) is 2.60. The summed E-state index contributed by atoms with van der Waals surface area (Å²) in [5, 5.41) is 22.6. The van der Waals surface area contributed by atoms with Gasteiger partial charge in [-0.25, -0.2) is 4.39 Å². The molecule has 1 aromatic rings. The first-order valence-corrected chi connectivity index (χ1v) is 5.41. The Morgan fingerprint density at radius 3 is 2.82 bits per heavy atom. The van der Waals surface area contributed by atoms with Crippen LogP contribution in [0.25, 0.3) is 0 Å². The number of aliphatic hydroxyl groups excluding tert-OH is 1. The molecule has 0 aliphatic rings. The normalized spacial score (nSPS) is 12.2. The monoisotopic (exact) mass is 262 g/mol. The van der Waals surface area contributed by atoms with Crippen LogP contribution in [-0.4, -0.2) is 28.6 Å². The van der Waals surface area contributed by atoms with E-state index in [2.05, 4.69) is 5.32 Å². The molecule has 2 N–H and O–H groups in total. The van der Waals surface area contributed by atoms with Gasteiger partial charge in [0, 0.05) is 12.2 Å². The van der Waals surface area contributed by atoms with E-state index in [4.69, 9.17) is 11.6 Å². The molecule has 7 heteroatoms. The molecular weight excluding hydrogens is 251 g/mol. The Hall–Kier alpha value is -1.40. The Kier molecular flexibility index (Phi) is 4.65. The first-order chi connectivity index (χ1) is 7.95. The van der Waals surface area contributed by atoms with Crippen LogP contribution in [0.15, 0.2) is 12.1 Å². The van der Waals surface area contributed by atoms with Gasteiger partial charge in [-0.05, 0) is 13.0 Å². The number of nitro benzene ring substituents is 1. The SMILES string of the molecule is Cc1c(NCC(O)CCl)cc(F)cc1[N+](=O)[O-]. The highest BCUT2D eigenvalue weighted by Gasteiger charge is 2.16. The summed E-state index contributed by atoms with van der Waals surface area (Å²) in [6.07, 6.45) is -0.793. The fourth-order valence-corrected chi connectivity index (χ4v) is 1.43. The highest BCUT2D eigenvalue weighted by molar-refractivity contribution is 6.18. The van der Waals surface area contributed by atoms with E-state index in [1.54, 1.807) is 0 Å². The van der Waals surface area contributed by atoms with Crippen LogP contribution in [0.3, 0.4) is 0 Å². The number of nitro groups is 1. The van der Waals surface area contributed by atoms with Crippen molar-refractivity contribution in [2.75, 3.05) is 17.7 Å². The molecule has 1 aromatic carbocycles. The van der Waals surface area contributed by atoms with Crippen molar-refractivity contribution in [2.24, 2.45) is 0 Å². The molecule has 0 aliphatic carbocycles. The number of anilines is 1. The van der Waals surface area contributed by atoms with Crippen molar-refractivity contribution >= 4 is 23.0 Å². The van der Waals surface area contributed by atoms with Gasteiger partial charge in [0.25, 0.3) is 5.69 Å². The molecule has 1 unspecified atom stereocenters. The summed E-state index contributed by atoms with van der Waals surface area (Å²) in [6.45, 7) is 1.61. The van der Waals surface area contributed by atoms with Gasteiger partial charge in [-0.2, -0.15) is 0 Å². The molecule has 0 spiro atoms. The highest BCUT2D eigenvalue weighted by atomic mass is 35.5. The smallest absolute Gasteiger partial charge is 0.277 e. The zero-order valence-corrected chi connectivity index (χ0v) is 9.87. The maximum Gasteiger partial charge on any atom is 0.277 e. The molecule has 17 heavy (non-hydrogen) atoms. The minimum Gasteiger partial charge on any atom is -0.390 e. The Bertz CT molecular complexity index is 428. The van der Waals surface area contributed by atoms with Crippen LogP contribution in [0.2, 0.25) is 0 Å². The number of aliphatic hydroxyl groups is 1. The maximum absolute atomic E-state index is 13.1. The lowest BCUT2D eigenvalue weighted by Gasteiger charge is -2.12. The molecule has 0 fully saturated rings. The fraction of sp³-hybridized carbons (Fsp3) is 0.400. The predicted octanol–water partition coefficient (Wildman–Crippen LogP) is 2.05. The third kappa shape index (κ3) is 3.54. The van der Waals surface area contributed by atoms with E-state index < -0.39 is 16.8 Å². The van der Waals surface area contributed by atoms with Crippen LogP contribution in [0, 0.1) is 22.9 Å². The van der Waals surface area contributed by atoms with E-state index in [-0.39, 0.29) is 23.8 Å². The van der Waals surface area contributed by atoms with E-state index in [0.717, 1.165) is 12.1 Å². The zero-order valence-electron chi connectivity index (χ0n) is 9.11. The van der Waals surface area contributed by atoms with E-state index in [1.807, 2.05) is 0 Å². The molecule has 0 amide bonds. The number of nitrogens with zero attached hydrogens (tertiary/aromatic N) is 1. The number of nitrogens with one attached hydrogen (secondary N) is 1. The van der Waals surface area contributed by atoms with Gasteiger partial charge in [0.15, 0.2) is 0 Å². The third-order valence-electron chi connectivity index (χ3n) is 2.25. The van der Waals surface area contributed by atoms with Gasteiger partial charge in [0.05, 0.1) is 28.5 Å². The van der Waals surface area contributed by atoms with E-state index in [0.29, 0.717) is 5.56 Å². The molecule has 1 rings (SSSR count). The fourth-order valence-electron chi connectivity index (χ4n) is 1.32. The van der Waals surface area contributed by atoms with Gasteiger partial charge in [-0.15, -0.1) is 11.6 Å². The standard InChI is InChI=1S/C10H12ClFN2O3/c1-6-9(13-5-8(15)4-11)2-7(12)3-10(6)14(16)17/h2-3,8,13,15H,4-5H2,1H3. The van der Waals surface area contributed by atoms with Gasteiger partial charge in [0.2, 0.25) is 0 Å². The lowest BCUT2D eigenvalue weighted by atomic mass is 10.1. The van der Waals surface area contributed by atoms with Crippen molar-refractivity contribution in [2.45, 2.75) is 13.0 Å². The lowest BCUT2D eigenvalue weighted by molar-refractivity contribution is -0.385. The first kappa shape index (κ1) is 13.7. The summed E-state index contributed by atoms with van der Waals surface area (Å²) in [5.74, 6) is -0.672. The number of hydrogen-bond acceptors (Lipinski definition) is 4. The lowest BCUT2D eigenvalue weighted by Crippen LogP contribution is -2.21. The zero-order chi connectivity index (χ0) is 13.0. The first-order valence-electron chi connectivity index (χ1n) is 4.88. The minimum absolute atomic E-state index is 0.0312. The predicted molar refractivity (Wildman–Crippen MR) is 63.0 cm³/mol. The van der Waals surface area contributed by atoms with Crippen LogP contribution in [0.4, 0.5) is 15.8 Å². The average molecular weight is 263 g/mol. The minimum atomic E-state index is -0.793. The summed E-state index contributed by atoms with van der Waals surface area (Å²) in [6, 6.07) is 2.00. The summed E-state index contributed by atoms with van der Waals surface area (Å²) in [5.41, 5.74) is 0.298. The van der Waals surface area contributed by atoms with E-state index in [9.17, 15) is 19.6 Å². The second-order valence-corrected chi connectivity index (χ2v) is 3.85. The van der Waals surface area contributed by atoms with Crippen LogP contribution in [0.1, 0.15) is 5.56 Å². The quantitative estimate of drug-likeness (QED) is 0.484. The van der Waals surface area contributed by atoms with E-state index in [1.165, 1.54) is 6.92 Å². The molecule has 0 saturated carbocycles. The molecule has 0 heterocycles. The molecule has 1 atom stereocenters. The molecule has 0 saturated heterocycles. The van der Waals surface area contributed by atoms with Crippen LogP contribution < -0.4 is 5.32 Å². The van der Waals surface area contributed by atoms with Crippen molar-refractivity contribution in [3.8, 4) is 0 Å². The Labute approximate surface area is 102 Å². The van der Waals surface area contributed by atoms with Crippen molar-refractivity contribution in [3.63, 3.8) is 0 Å². The van der Waals surface area contributed by atoms with Crippen LogP contribution >= 0.6 is 11.6 Å². The van der Waals surface area contributed by atoms with Crippen molar-refractivity contribution in [1.82, 2.24) is 0 Å². The van der Waals surface area contributed by atoms with Crippen molar-refractivity contribution in [3.05, 3.63) is 33.6 Å². The van der Waals surface area contributed by atoms with Crippen LogP contribution in [-0.2, 0) is 0 Å². The molecule has 0 aliphatic heterocycles. The summed E-state index contributed by atoms with van der Waals surface area (Å²) in [4.78, 5) is 10.0. The Morgan fingerprint density at radius 2 is 2.29 bits per heavy atom. The topological polar surface area (TPSA) is 75.4 Å². The Morgan fingerprint density at radius 1 is 1.65 bits per heavy atom. The molecular formula is C10H12ClFN2O3. The van der Waals surface area contributed by atoms with Crippen LogP contribution in [0.5, 0.6) is 0 Å². The second-order valence-electron chi connectivity index (χ2n) is 3.54. The number of rotatable bonds is 5. The summed E-state index contributed by atoms with van der Waals surface area (Å²) >= 11 is 5.40. The van der Waals surface area contributed by atoms with Crippen molar-refractivity contribution in [1.29, 1.82) is 0 Å². The van der Waals surface area contributed by atoms with Gasteiger partial charge >= 0.3 is 0 Å². The van der Waals surface area contributed by atoms with E-state index >= 15 is 0 Å². The van der Waals surface area contributed by atoms with Gasteiger partial charge in [-0.1, -0.05) is 0 Å². The van der Waals surface area contributed by atoms with Gasteiger partial charge < -0.3 is 10.4 Å². The molecule has 0 aromatic heterocycles. The molecule has 0 radical (unpaired) electrons. The Balaban J connectivity index is 2.95. The van der Waals surface area contributed by atoms with Crippen molar-refractivity contribution < 1.29 is 14.4 Å². The maximum atomic E-state index is 13.1. The van der Waals surface area contributed by atoms with Gasteiger partial charge in [0.1, 0.15) is 5.82 Å². The molecule has 94 valence electrons. The molecule has 0 bridgehead atoms. The molecule has 5 nitrogen and oxygen atoms in total. The van der Waals surface area contributed by atoms with Gasteiger partial charge in [-0.3, -0.25) is 10.1 Å². The number of benzene rings is 1. The number of hydrogen-bond donors (Lipinski definition) is 2. The average Bonchev–Trinajstić information content (AvgIpc) is 2.28. The second kappa shape index (κ2) is 5.79. The number of alkyl halides is 1. The largest absolute Gasteiger partial charge is 0.390 e. The summed E-state index contributed by atoms with van der Waals surface area (Å²) in [7, 11) is 0. The number of halogens is 2. The highest BCUT2D eigenvalue weighted by Crippen LogP contribution is 2.26.